The van der Waals surface area contributed by atoms with Crippen LogP contribution in [-0.2, 0) is 17.8 Å². The van der Waals surface area contributed by atoms with E-state index in [9.17, 15) is 0 Å². The lowest BCUT2D eigenvalue weighted by atomic mass is 9.54. The van der Waals surface area contributed by atoms with E-state index >= 15 is 0 Å². The zero-order valence-corrected chi connectivity index (χ0v) is 28.1. The van der Waals surface area contributed by atoms with Crippen molar-refractivity contribution in [1.82, 2.24) is 9.13 Å². The predicted molar refractivity (Wildman–Crippen MR) is 186 cm³/mol. The topological polar surface area (TPSA) is 26.8 Å². The molecule has 3 aliphatic carbocycles. The van der Waals surface area contributed by atoms with Crippen LogP contribution in [-0.4, -0.2) is 22.3 Å². The number of para-hydroxylation sites is 4. The van der Waals surface area contributed by atoms with Crippen LogP contribution in [0.15, 0.2) is 97.1 Å². The maximum absolute atomic E-state index is 4.94. The number of hydrogen-bond donors (Lipinski definition) is 0. The second-order valence-electron chi connectivity index (χ2n) is 14.2. The molecule has 4 aliphatic rings. The van der Waals surface area contributed by atoms with Crippen molar-refractivity contribution in [1.29, 1.82) is 0 Å². The van der Waals surface area contributed by atoms with Gasteiger partial charge < -0.3 is 23.0 Å². The fourth-order valence-corrected chi connectivity index (χ4v) is 8.65. The molecule has 4 aromatic carbocycles. The highest BCUT2D eigenvalue weighted by Crippen LogP contribution is 2.58. The highest BCUT2D eigenvalue weighted by Gasteiger charge is 2.50. The molecular weight excluding hydrogens is 576 g/mol. The summed E-state index contributed by atoms with van der Waals surface area (Å²) >= 11 is 0. The molecule has 0 unspecified atom stereocenters. The Hall–Kier alpha value is -4.22. The molecular formula is C42H46N4O. The van der Waals surface area contributed by atoms with Gasteiger partial charge in [0.05, 0.1) is 25.2 Å². The lowest BCUT2D eigenvalue weighted by Crippen LogP contribution is -2.52. The number of nitrogens with zero attached hydrogens (tertiary/aromatic N) is 4. The van der Waals surface area contributed by atoms with Crippen LogP contribution in [0.25, 0.3) is 22.1 Å². The molecule has 5 heteroatoms. The van der Waals surface area contributed by atoms with Crippen LogP contribution in [0.1, 0.15) is 86.7 Å². The maximum Gasteiger partial charge on any atom is 0.205 e. The predicted octanol–water partition coefficient (Wildman–Crippen LogP) is 7.95. The second-order valence-corrected chi connectivity index (χ2v) is 14.2. The van der Waals surface area contributed by atoms with E-state index in [1.165, 1.54) is 57.2 Å². The highest BCUT2D eigenvalue weighted by atomic mass is 16.5. The number of rotatable bonds is 6. The lowest BCUT2D eigenvalue weighted by molar-refractivity contribution is -0.700. The van der Waals surface area contributed by atoms with Crippen molar-refractivity contribution in [3.8, 4) is 0 Å². The summed E-state index contributed by atoms with van der Waals surface area (Å²) in [5, 5.41) is 0. The fraction of sp³-hybridized carbons (Fsp3) is 0.381. The molecule has 1 aliphatic heterocycles. The van der Waals surface area contributed by atoms with E-state index in [0.717, 1.165) is 26.3 Å². The average molecular weight is 623 g/mol. The van der Waals surface area contributed by atoms with Crippen molar-refractivity contribution in [3.63, 3.8) is 0 Å². The van der Waals surface area contributed by atoms with E-state index < -0.39 is 0 Å². The molecule has 6 aromatic rings. The molecule has 2 atom stereocenters. The Morgan fingerprint density at radius 2 is 0.936 bits per heavy atom. The minimum atomic E-state index is 0.341. The molecule has 10 rings (SSSR count). The average Bonchev–Trinajstić information content (AvgIpc) is 3.87. The van der Waals surface area contributed by atoms with E-state index in [1.807, 2.05) is 0 Å². The van der Waals surface area contributed by atoms with Gasteiger partial charge in [-0.1, -0.05) is 97.1 Å². The van der Waals surface area contributed by atoms with Crippen LogP contribution in [0.3, 0.4) is 0 Å². The van der Waals surface area contributed by atoms with Gasteiger partial charge in [-0.3, -0.25) is 0 Å². The minimum Gasteiger partial charge on any atom is -0.381 e. The molecule has 1 fully saturated rings. The van der Waals surface area contributed by atoms with E-state index in [2.05, 4.69) is 156 Å². The molecule has 0 radical (unpaired) electrons. The minimum absolute atomic E-state index is 0.341. The number of fused-ring (bicyclic) bond motifs is 3. The SMILES string of the molecule is C1CCOC1.CC(C)n1[c-][n+](C[C@@H]2C3c4ccccc4C(c4ccccc43)[C@H]2C[n+]2[c-]n(C(C)C)c3ccccc32)c2ccccc21. The van der Waals surface area contributed by atoms with Gasteiger partial charge in [0, 0.05) is 59.0 Å². The molecule has 1 saturated heterocycles. The zero-order chi connectivity index (χ0) is 32.1. The quantitative estimate of drug-likeness (QED) is 0.137. The third-order valence-electron chi connectivity index (χ3n) is 10.7. The molecule has 5 nitrogen and oxygen atoms in total. The normalized spacial score (nSPS) is 21.3. The molecule has 0 N–H and O–H groups in total. The van der Waals surface area contributed by atoms with Crippen molar-refractivity contribution >= 4 is 22.1 Å². The van der Waals surface area contributed by atoms with Crippen molar-refractivity contribution < 1.29 is 13.9 Å². The summed E-state index contributed by atoms with van der Waals surface area (Å²) < 4.78 is 14.4. The van der Waals surface area contributed by atoms with Crippen LogP contribution < -0.4 is 9.13 Å². The second kappa shape index (κ2) is 12.4. The fourth-order valence-electron chi connectivity index (χ4n) is 8.65. The molecule has 0 spiro atoms. The van der Waals surface area contributed by atoms with Gasteiger partial charge in [0.15, 0.2) is 0 Å². The van der Waals surface area contributed by atoms with Crippen LogP contribution in [0, 0.1) is 24.5 Å². The summed E-state index contributed by atoms with van der Waals surface area (Å²) in [6.45, 7) is 12.9. The molecule has 3 heterocycles. The monoisotopic (exact) mass is 622 g/mol. The number of aromatic nitrogens is 4. The van der Waals surface area contributed by atoms with E-state index in [0.29, 0.717) is 35.8 Å². The maximum atomic E-state index is 4.94. The summed E-state index contributed by atoms with van der Waals surface area (Å²) in [5.74, 6) is 1.51. The highest BCUT2D eigenvalue weighted by molar-refractivity contribution is 5.72. The van der Waals surface area contributed by atoms with Crippen molar-refractivity contribution in [2.45, 2.75) is 77.5 Å². The largest absolute Gasteiger partial charge is 0.381 e. The van der Waals surface area contributed by atoms with Crippen molar-refractivity contribution in [2.24, 2.45) is 11.8 Å². The molecule has 0 amide bonds. The van der Waals surface area contributed by atoms with Gasteiger partial charge in [-0.15, -0.1) is 0 Å². The Labute approximate surface area is 279 Å². The van der Waals surface area contributed by atoms with E-state index in [-0.39, 0.29) is 0 Å². The first-order valence-electron chi connectivity index (χ1n) is 17.6. The van der Waals surface area contributed by atoms with Gasteiger partial charge in [0.25, 0.3) is 0 Å². The molecule has 47 heavy (non-hydrogen) atoms. The van der Waals surface area contributed by atoms with Crippen molar-refractivity contribution in [3.05, 3.63) is 132 Å². The van der Waals surface area contributed by atoms with Gasteiger partial charge >= 0.3 is 0 Å². The first-order valence-corrected chi connectivity index (χ1v) is 17.6. The Bertz CT molecular complexity index is 1830. The molecule has 2 bridgehead atoms. The number of ether oxygens (including phenoxy) is 1. The van der Waals surface area contributed by atoms with Crippen LogP contribution >= 0.6 is 0 Å². The molecule has 2 aromatic heterocycles. The third-order valence-corrected chi connectivity index (χ3v) is 10.7. The van der Waals surface area contributed by atoms with Gasteiger partial charge in [0.2, 0.25) is 12.7 Å². The number of imidazole rings is 2. The van der Waals surface area contributed by atoms with Gasteiger partial charge in [-0.25, -0.2) is 0 Å². The van der Waals surface area contributed by atoms with Gasteiger partial charge in [-0.05, 0) is 62.8 Å². The molecule has 240 valence electrons. The third kappa shape index (κ3) is 5.20. The van der Waals surface area contributed by atoms with E-state index in [4.69, 9.17) is 4.74 Å². The van der Waals surface area contributed by atoms with Crippen molar-refractivity contribution in [2.75, 3.05) is 13.2 Å². The Morgan fingerprint density at radius 3 is 1.28 bits per heavy atom. The first-order chi connectivity index (χ1) is 23.0. The Morgan fingerprint density at radius 1 is 0.574 bits per heavy atom. The molecule has 0 saturated carbocycles. The van der Waals surface area contributed by atoms with Crippen LogP contribution in [0.5, 0.6) is 0 Å². The van der Waals surface area contributed by atoms with Gasteiger partial charge in [0.1, 0.15) is 0 Å². The van der Waals surface area contributed by atoms with E-state index in [1.54, 1.807) is 0 Å². The summed E-state index contributed by atoms with van der Waals surface area (Å²) in [6.07, 6.45) is 10.1. The summed E-state index contributed by atoms with van der Waals surface area (Å²) in [5.41, 5.74) is 11.1. The Kier molecular flexibility index (Phi) is 7.97. The Balaban J connectivity index is 0.000000595. The van der Waals surface area contributed by atoms with Crippen LogP contribution in [0.4, 0.5) is 0 Å². The number of hydrogen-bond acceptors (Lipinski definition) is 1. The standard InChI is InChI=1S/C38H38N4.C4H8O/c1-25(2)41-23-39(33-17-9-11-19-35(33)41)21-31-32(22-40-24-42(26(3)4)36-20-12-10-18-34(36)40)38-29-15-7-5-13-27(29)37(31)28-14-6-8-16-30(28)38;1-2-4-5-3-1/h5-20,25-26,31-32,37-38H,21-22H2,1-4H3;1-4H2/t31-,32-,37?,38?;/m0./s1. The summed E-state index contributed by atoms with van der Waals surface area (Å²) in [4.78, 5) is 0. The lowest BCUT2D eigenvalue weighted by Gasteiger charge is -2.50. The first kappa shape index (κ1) is 30.1. The van der Waals surface area contributed by atoms with Crippen LogP contribution in [0.2, 0.25) is 0 Å². The summed E-state index contributed by atoms with van der Waals surface area (Å²) in [7, 11) is 0. The zero-order valence-electron chi connectivity index (χ0n) is 28.1. The number of benzene rings is 4. The van der Waals surface area contributed by atoms with Gasteiger partial charge in [-0.2, -0.15) is 0 Å². The smallest absolute Gasteiger partial charge is 0.205 e. The summed E-state index contributed by atoms with van der Waals surface area (Å²) in [6, 6.07) is 36.8.